The zero-order valence-electron chi connectivity index (χ0n) is 4.42. The van der Waals surface area contributed by atoms with Crippen LogP contribution in [0.1, 0.15) is 6.42 Å². The number of rotatable bonds is 3. The highest BCUT2D eigenvalue weighted by Crippen LogP contribution is 1.73. The maximum Gasteiger partial charge on any atom is 0.242 e. The summed E-state index contributed by atoms with van der Waals surface area (Å²) in [5.74, 6) is -0.317. The third kappa shape index (κ3) is 3.30. The standard InChI is InChI=1S/C4H8N2O2/c1-5-6-4(8)2-3-7/h7H,1-3H2,(H,6,8). The fourth-order valence-corrected chi connectivity index (χ4v) is 0.246. The van der Waals surface area contributed by atoms with E-state index in [-0.39, 0.29) is 18.9 Å². The van der Waals surface area contributed by atoms with Gasteiger partial charge in [-0.05, 0) is 0 Å². The molecule has 46 valence electrons. The van der Waals surface area contributed by atoms with Crippen LogP contribution in [-0.4, -0.2) is 24.3 Å². The second-order valence-corrected chi connectivity index (χ2v) is 1.17. The first-order valence-corrected chi connectivity index (χ1v) is 2.16. The number of hydrogen-bond acceptors (Lipinski definition) is 3. The number of hydrogen-bond donors (Lipinski definition) is 2. The molecule has 0 aliphatic rings. The average molecular weight is 116 g/mol. The Labute approximate surface area is 47.2 Å². The number of nitrogens with one attached hydrogen (secondary N) is 1. The molecule has 0 aromatic rings. The lowest BCUT2D eigenvalue weighted by atomic mass is 10.4. The summed E-state index contributed by atoms with van der Waals surface area (Å²) < 4.78 is 0. The third-order valence-corrected chi connectivity index (χ3v) is 0.543. The van der Waals surface area contributed by atoms with Crippen molar-refractivity contribution in [2.24, 2.45) is 5.10 Å². The Kier molecular flexibility index (Phi) is 3.78. The van der Waals surface area contributed by atoms with Crippen molar-refractivity contribution < 1.29 is 9.90 Å². The summed E-state index contributed by atoms with van der Waals surface area (Å²) in [5, 5.41) is 11.2. The quantitative estimate of drug-likeness (QED) is 0.371. The van der Waals surface area contributed by atoms with Crippen LogP contribution in [0, 0.1) is 0 Å². The monoisotopic (exact) mass is 116 g/mol. The van der Waals surface area contributed by atoms with E-state index in [0.717, 1.165) is 0 Å². The molecule has 2 N–H and O–H groups in total. The third-order valence-electron chi connectivity index (χ3n) is 0.543. The topological polar surface area (TPSA) is 61.7 Å². The fourth-order valence-electron chi connectivity index (χ4n) is 0.246. The molecule has 0 heterocycles. The van der Waals surface area contributed by atoms with E-state index in [1.54, 1.807) is 0 Å². The molecule has 0 rings (SSSR count). The van der Waals surface area contributed by atoms with Crippen LogP contribution in [0.15, 0.2) is 5.10 Å². The van der Waals surface area contributed by atoms with Crippen molar-refractivity contribution in [1.82, 2.24) is 5.43 Å². The van der Waals surface area contributed by atoms with Gasteiger partial charge in [0.05, 0.1) is 13.0 Å². The minimum Gasteiger partial charge on any atom is -0.396 e. The number of hydrazone groups is 1. The number of amides is 1. The van der Waals surface area contributed by atoms with Gasteiger partial charge in [0.2, 0.25) is 5.91 Å². The highest BCUT2D eigenvalue weighted by Gasteiger charge is 1.93. The maximum absolute atomic E-state index is 10.2. The molecule has 4 nitrogen and oxygen atoms in total. The SMILES string of the molecule is C=NNC(=O)CCO. The van der Waals surface area contributed by atoms with E-state index in [2.05, 4.69) is 17.2 Å². The minimum atomic E-state index is -0.317. The van der Waals surface area contributed by atoms with E-state index in [1.807, 2.05) is 0 Å². The Hall–Kier alpha value is -0.900. The van der Waals surface area contributed by atoms with Gasteiger partial charge in [-0.2, -0.15) is 5.10 Å². The molecule has 0 unspecified atom stereocenters. The Bertz CT molecular complexity index is 92.0. The van der Waals surface area contributed by atoms with Crippen molar-refractivity contribution in [1.29, 1.82) is 0 Å². The summed E-state index contributed by atoms with van der Waals surface area (Å²) in [6, 6.07) is 0. The molecule has 0 aliphatic carbocycles. The Morgan fingerprint density at radius 2 is 2.50 bits per heavy atom. The average Bonchev–Trinajstić information content (AvgIpc) is 1.68. The van der Waals surface area contributed by atoms with Crippen LogP contribution in [0.5, 0.6) is 0 Å². The second-order valence-electron chi connectivity index (χ2n) is 1.17. The first-order chi connectivity index (χ1) is 3.81. The van der Waals surface area contributed by atoms with Gasteiger partial charge in [0.15, 0.2) is 0 Å². The van der Waals surface area contributed by atoms with Gasteiger partial charge < -0.3 is 5.11 Å². The zero-order chi connectivity index (χ0) is 6.41. The van der Waals surface area contributed by atoms with Crippen molar-refractivity contribution in [3.63, 3.8) is 0 Å². The number of aliphatic hydroxyl groups excluding tert-OH is 1. The van der Waals surface area contributed by atoms with Crippen LogP contribution in [0.2, 0.25) is 0 Å². The predicted molar refractivity (Wildman–Crippen MR) is 29.4 cm³/mol. The largest absolute Gasteiger partial charge is 0.396 e. The van der Waals surface area contributed by atoms with Gasteiger partial charge in [0.1, 0.15) is 0 Å². The van der Waals surface area contributed by atoms with Crippen LogP contribution in [0.4, 0.5) is 0 Å². The highest BCUT2D eigenvalue weighted by molar-refractivity contribution is 5.75. The van der Waals surface area contributed by atoms with E-state index >= 15 is 0 Å². The van der Waals surface area contributed by atoms with Gasteiger partial charge in [0.25, 0.3) is 0 Å². The fraction of sp³-hybridized carbons (Fsp3) is 0.500. The summed E-state index contributed by atoms with van der Waals surface area (Å²) in [7, 11) is 0. The summed E-state index contributed by atoms with van der Waals surface area (Å²) >= 11 is 0. The van der Waals surface area contributed by atoms with Crippen molar-refractivity contribution in [3.8, 4) is 0 Å². The number of nitrogens with zero attached hydrogens (tertiary/aromatic N) is 1. The first kappa shape index (κ1) is 7.10. The molecule has 0 saturated carbocycles. The molecule has 0 bridgehead atoms. The summed E-state index contributed by atoms with van der Waals surface area (Å²) in [5.41, 5.74) is 2.06. The smallest absolute Gasteiger partial charge is 0.242 e. The van der Waals surface area contributed by atoms with Gasteiger partial charge in [-0.25, -0.2) is 5.43 Å². The van der Waals surface area contributed by atoms with E-state index in [9.17, 15) is 4.79 Å². The molecule has 8 heavy (non-hydrogen) atoms. The zero-order valence-corrected chi connectivity index (χ0v) is 4.42. The van der Waals surface area contributed by atoms with Crippen LogP contribution < -0.4 is 5.43 Å². The molecule has 0 aliphatic heterocycles. The lowest BCUT2D eigenvalue weighted by Gasteiger charge is -1.91. The number of carbonyl (C=O) groups is 1. The molecule has 0 fully saturated rings. The van der Waals surface area contributed by atoms with E-state index < -0.39 is 0 Å². The molecule has 0 spiro atoms. The van der Waals surface area contributed by atoms with Crippen molar-refractivity contribution in [2.75, 3.05) is 6.61 Å². The van der Waals surface area contributed by atoms with E-state index in [4.69, 9.17) is 5.11 Å². The molecule has 4 heteroatoms. The van der Waals surface area contributed by atoms with Gasteiger partial charge in [-0.1, -0.05) is 0 Å². The maximum atomic E-state index is 10.2. The molecular formula is C4H8N2O2. The number of carbonyl (C=O) groups excluding carboxylic acids is 1. The van der Waals surface area contributed by atoms with Crippen LogP contribution in [0.3, 0.4) is 0 Å². The van der Waals surface area contributed by atoms with Crippen molar-refractivity contribution in [2.45, 2.75) is 6.42 Å². The summed E-state index contributed by atoms with van der Waals surface area (Å²) in [6.07, 6.45) is 0.0824. The van der Waals surface area contributed by atoms with Gasteiger partial charge in [0, 0.05) is 6.72 Å². The highest BCUT2D eigenvalue weighted by atomic mass is 16.3. The van der Waals surface area contributed by atoms with Gasteiger partial charge in [-0.3, -0.25) is 4.79 Å². The second kappa shape index (κ2) is 4.26. The molecular weight excluding hydrogens is 108 g/mol. The Balaban J connectivity index is 3.18. The van der Waals surface area contributed by atoms with E-state index in [0.29, 0.717) is 0 Å². The van der Waals surface area contributed by atoms with Gasteiger partial charge in [-0.15, -0.1) is 0 Å². The Morgan fingerprint density at radius 3 is 2.88 bits per heavy atom. The predicted octanol–water partition coefficient (Wildman–Crippen LogP) is -0.899. The molecule has 0 aromatic carbocycles. The molecule has 0 aromatic heterocycles. The molecule has 0 atom stereocenters. The van der Waals surface area contributed by atoms with Crippen LogP contribution in [-0.2, 0) is 4.79 Å². The van der Waals surface area contributed by atoms with Gasteiger partial charge >= 0.3 is 0 Å². The molecule has 1 amide bonds. The first-order valence-electron chi connectivity index (χ1n) is 2.16. The summed E-state index contributed by atoms with van der Waals surface area (Å²) in [4.78, 5) is 10.2. The minimum absolute atomic E-state index is 0.0824. The molecule has 0 saturated heterocycles. The van der Waals surface area contributed by atoms with Crippen LogP contribution in [0.25, 0.3) is 0 Å². The van der Waals surface area contributed by atoms with Crippen molar-refractivity contribution >= 4 is 12.6 Å². The Morgan fingerprint density at radius 1 is 1.88 bits per heavy atom. The van der Waals surface area contributed by atoms with Crippen LogP contribution >= 0.6 is 0 Å². The van der Waals surface area contributed by atoms with E-state index in [1.165, 1.54) is 0 Å². The normalized spacial score (nSPS) is 8.12. The molecule has 0 radical (unpaired) electrons. The lowest BCUT2D eigenvalue weighted by molar-refractivity contribution is -0.121. The number of aliphatic hydroxyl groups is 1. The summed E-state index contributed by atoms with van der Waals surface area (Å²) in [6.45, 7) is 2.87. The van der Waals surface area contributed by atoms with Crippen molar-refractivity contribution in [3.05, 3.63) is 0 Å². The lowest BCUT2D eigenvalue weighted by Crippen LogP contribution is -2.17.